The Bertz CT molecular complexity index is 360. The van der Waals surface area contributed by atoms with Crippen molar-refractivity contribution in [3.05, 3.63) is 33.9 Å². The number of aliphatic imine (C=N–C) groups is 1. The lowest BCUT2D eigenvalue weighted by Gasteiger charge is -1.98. The lowest BCUT2D eigenvalue weighted by atomic mass is 10.2. The third-order valence-corrected chi connectivity index (χ3v) is 1.51. The second-order valence-corrected chi connectivity index (χ2v) is 2.36. The van der Waals surface area contributed by atoms with Crippen LogP contribution in [0.5, 0.6) is 5.75 Å². The van der Waals surface area contributed by atoms with Crippen LogP contribution in [0, 0.1) is 10.1 Å². The van der Waals surface area contributed by atoms with Crippen LogP contribution in [0.2, 0.25) is 0 Å². The van der Waals surface area contributed by atoms with E-state index in [0.29, 0.717) is 5.56 Å². The molecule has 1 aromatic carbocycles. The number of hydrogen-bond acceptors (Lipinski definition) is 4. The van der Waals surface area contributed by atoms with Gasteiger partial charge in [0, 0.05) is 24.9 Å². The molecule has 0 spiro atoms. The minimum absolute atomic E-state index is 0.308. The maximum atomic E-state index is 10.4. The lowest BCUT2D eigenvalue weighted by Crippen LogP contribution is -1.91. The van der Waals surface area contributed by atoms with Gasteiger partial charge in [-0.1, -0.05) is 6.07 Å². The van der Waals surface area contributed by atoms with Gasteiger partial charge in [-0.2, -0.15) is 0 Å². The first-order valence-corrected chi connectivity index (χ1v) is 3.55. The molecule has 1 N–H and O–H groups in total. The third kappa shape index (κ3) is 1.81. The highest BCUT2D eigenvalue weighted by atomic mass is 16.6. The zero-order valence-corrected chi connectivity index (χ0v) is 6.97. The van der Waals surface area contributed by atoms with E-state index in [1.54, 1.807) is 6.07 Å². The van der Waals surface area contributed by atoms with E-state index < -0.39 is 4.92 Å². The van der Waals surface area contributed by atoms with Gasteiger partial charge in [-0.15, -0.1) is 0 Å². The van der Waals surface area contributed by atoms with Crippen LogP contribution in [0.4, 0.5) is 5.69 Å². The number of phenols is 1. The van der Waals surface area contributed by atoms with Crippen molar-refractivity contribution in [2.24, 2.45) is 4.99 Å². The number of para-hydroxylation sites is 1. The topological polar surface area (TPSA) is 75.7 Å². The number of nitro groups is 1. The van der Waals surface area contributed by atoms with Gasteiger partial charge in [0.25, 0.3) is 0 Å². The van der Waals surface area contributed by atoms with Crippen molar-refractivity contribution in [3.8, 4) is 5.75 Å². The van der Waals surface area contributed by atoms with Crippen LogP contribution < -0.4 is 0 Å². The van der Waals surface area contributed by atoms with E-state index >= 15 is 0 Å². The summed E-state index contributed by atoms with van der Waals surface area (Å²) in [4.78, 5) is 13.4. The molecule has 1 aromatic rings. The summed E-state index contributed by atoms with van der Waals surface area (Å²) in [5.74, 6) is -0.349. The molecule has 0 amide bonds. The number of nitro benzene ring substituents is 1. The zero-order chi connectivity index (χ0) is 9.84. The molecular weight excluding hydrogens is 172 g/mol. The molecule has 0 bridgehead atoms. The monoisotopic (exact) mass is 180 g/mol. The van der Waals surface area contributed by atoms with E-state index in [9.17, 15) is 15.2 Å². The Balaban J connectivity index is 3.26. The Kier molecular flexibility index (Phi) is 2.59. The highest BCUT2D eigenvalue weighted by Crippen LogP contribution is 2.27. The fraction of sp³-hybridized carbons (Fsp3) is 0.125. The predicted molar refractivity (Wildman–Crippen MR) is 48.3 cm³/mol. The van der Waals surface area contributed by atoms with Gasteiger partial charge >= 0.3 is 5.69 Å². The molecule has 0 aromatic heterocycles. The maximum Gasteiger partial charge on any atom is 0.311 e. The molecule has 0 atom stereocenters. The molecule has 0 aliphatic carbocycles. The second-order valence-electron chi connectivity index (χ2n) is 2.36. The Hall–Kier alpha value is -1.91. The number of nitrogens with zero attached hydrogens (tertiary/aromatic N) is 2. The standard InChI is InChI=1S/C8H8N2O3/c1-9-5-6-3-2-4-7(8(6)11)10(12)13/h2-5,11H,1H3. The quantitative estimate of drug-likeness (QED) is 0.424. The van der Waals surface area contributed by atoms with Crippen molar-refractivity contribution in [2.45, 2.75) is 0 Å². The zero-order valence-electron chi connectivity index (χ0n) is 6.97. The normalized spacial score (nSPS) is 10.5. The molecule has 0 unspecified atom stereocenters. The Labute approximate surface area is 74.5 Å². The number of phenolic OH excluding ortho intramolecular Hbond substituents is 1. The van der Waals surface area contributed by atoms with Gasteiger partial charge in [-0.3, -0.25) is 15.1 Å². The van der Waals surface area contributed by atoms with Gasteiger partial charge in [-0.25, -0.2) is 0 Å². The van der Waals surface area contributed by atoms with Gasteiger partial charge in [0.05, 0.1) is 4.92 Å². The summed E-state index contributed by atoms with van der Waals surface area (Å²) in [6.45, 7) is 0. The van der Waals surface area contributed by atoms with Crippen LogP contribution >= 0.6 is 0 Å². The minimum atomic E-state index is -0.637. The second kappa shape index (κ2) is 3.66. The van der Waals surface area contributed by atoms with Crippen LogP contribution in [0.1, 0.15) is 5.56 Å². The molecule has 5 heteroatoms. The third-order valence-electron chi connectivity index (χ3n) is 1.51. The summed E-state index contributed by atoms with van der Waals surface area (Å²) in [6, 6.07) is 4.28. The summed E-state index contributed by atoms with van der Waals surface area (Å²) in [5.41, 5.74) is 0.0362. The Morgan fingerprint density at radius 1 is 1.62 bits per heavy atom. The van der Waals surface area contributed by atoms with Crippen molar-refractivity contribution >= 4 is 11.9 Å². The van der Waals surface area contributed by atoms with Crippen molar-refractivity contribution < 1.29 is 10.0 Å². The largest absolute Gasteiger partial charge is 0.502 e. The molecule has 0 aliphatic heterocycles. The van der Waals surface area contributed by atoms with E-state index in [1.807, 2.05) is 0 Å². The number of benzene rings is 1. The minimum Gasteiger partial charge on any atom is -0.502 e. The molecular formula is C8H8N2O3. The molecule has 0 radical (unpaired) electrons. The highest BCUT2D eigenvalue weighted by molar-refractivity contribution is 5.85. The van der Waals surface area contributed by atoms with Crippen LogP contribution in [0.25, 0.3) is 0 Å². The molecule has 0 aliphatic rings. The van der Waals surface area contributed by atoms with Crippen LogP contribution in [0.15, 0.2) is 23.2 Å². The molecule has 0 heterocycles. The summed E-state index contributed by atoms with van der Waals surface area (Å²) in [5, 5.41) is 19.7. The van der Waals surface area contributed by atoms with E-state index in [0.717, 1.165) is 0 Å². The van der Waals surface area contributed by atoms with Crippen LogP contribution in [-0.4, -0.2) is 23.3 Å². The molecule has 1 rings (SSSR count). The van der Waals surface area contributed by atoms with Gasteiger partial charge in [0.15, 0.2) is 0 Å². The van der Waals surface area contributed by atoms with Crippen molar-refractivity contribution in [1.82, 2.24) is 0 Å². The van der Waals surface area contributed by atoms with E-state index in [2.05, 4.69) is 4.99 Å². The Morgan fingerprint density at radius 2 is 2.31 bits per heavy atom. The molecule has 5 nitrogen and oxygen atoms in total. The predicted octanol–water partition coefficient (Wildman–Crippen LogP) is 1.35. The van der Waals surface area contributed by atoms with Crippen molar-refractivity contribution in [3.63, 3.8) is 0 Å². The van der Waals surface area contributed by atoms with Crippen molar-refractivity contribution in [2.75, 3.05) is 7.05 Å². The molecule has 68 valence electrons. The maximum absolute atomic E-state index is 10.4. The summed E-state index contributed by atoms with van der Waals surface area (Å²) in [6.07, 6.45) is 1.36. The average Bonchev–Trinajstić information content (AvgIpc) is 2.08. The molecule has 0 saturated heterocycles. The van der Waals surface area contributed by atoms with Gasteiger partial charge in [0.1, 0.15) is 0 Å². The SMILES string of the molecule is CN=Cc1cccc([N+](=O)[O-])c1O. The number of aromatic hydroxyl groups is 1. The summed E-state index contributed by atoms with van der Waals surface area (Å²) >= 11 is 0. The van der Waals surface area contributed by atoms with Crippen molar-refractivity contribution in [1.29, 1.82) is 0 Å². The first-order chi connectivity index (χ1) is 6.16. The van der Waals surface area contributed by atoms with Gasteiger partial charge in [0.2, 0.25) is 5.75 Å². The van der Waals surface area contributed by atoms with E-state index in [1.165, 1.54) is 25.4 Å². The average molecular weight is 180 g/mol. The first-order valence-electron chi connectivity index (χ1n) is 3.55. The highest BCUT2D eigenvalue weighted by Gasteiger charge is 2.14. The fourth-order valence-corrected chi connectivity index (χ4v) is 0.939. The molecule has 0 saturated carbocycles. The molecule has 13 heavy (non-hydrogen) atoms. The molecule has 0 fully saturated rings. The summed E-state index contributed by atoms with van der Waals surface area (Å²) in [7, 11) is 1.53. The number of rotatable bonds is 2. The first kappa shape index (κ1) is 9.18. The number of hydrogen-bond donors (Lipinski definition) is 1. The van der Waals surface area contributed by atoms with Crippen LogP contribution in [-0.2, 0) is 0 Å². The summed E-state index contributed by atoms with van der Waals surface area (Å²) < 4.78 is 0. The Morgan fingerprint density at radius 3 is 2.85 bits per heavy atom. The lowest BCUT2D eigenvalue weighted by molar-refractivity contribution is -0.385. The van der Waals surface area contributed by atoms with Crippen LogP contribution in [0.3, 0.4) is 0 Å². The van der Waals surface area contributed by atoms with E-state index in [4.69, 9.17) is 0 Å². The van der Waals surface area contributed by atoms with Gasteiger partial charge in [-0.05, 0) is 6.07 Å². The van der Waals surface area contributed by atoms with E-state index in [-0.39, 0.29) is 11.4 Å². The smallest absolute Gasteiger partial charge is 0.311 e. The van der Waals surface area contributed by atoms with Gasteiger partial charge < -0.3 is 5.11 Å². The fourth-order valence-electron chi connectivity index (χ4n) is 0.939.